The fraction of sp³-hybridized carbons (Fsp3) is 0.522. The molecule has 1 saturated heterocycles. The zero-order valence-electron chi connectivity index (χ0n) is 18.1. The van der Waals surface area contributed by atoms with Crippen molar-refractivity contribution in [3.63, 3.8) is 0 Å². The van der Waals surface area contributed by atoms with Crippen LogP contribution in [0.1, 0.15) is 55.6 Å². The molecule has 4 rings (SSSR count). The summed E-state index contributed by atoms with van der Waals surface area (Å²) in [6, 6.07) is 8.02. The number of amides is 2. The van der Waals surface area contributed by atoms with Crippen LogP contribution in [-0.2, 0) is 18.4 Å². The molecule has 1 fully saturated rings. The SMILES string of the molecule is CCCCN(C(=O)c1nn(C)c2c1COc1ccccc1-2)C1CCN(C(C)=O)CC1. The molecule has 2 aliphatic rings. The van der Waals surface area contributed by atoms with E-state index in [1.807, 2.05) is 41.1 Å². The third-order valence-electron chi connectivity index (χ3n) is 6.23. The number of piperidine rings is 1. The molecule has 2 aromatic rings. The maximum absolute atomic E-state index is 13.7. The lowest BCUT2D eigenvalue weighted by atomic mass is 9.99. The van der Waals surface area contributed by atoms with E-state index < -0.39 is 0 Å². The summed E-state index contributed by atoms with van der Waals surface area (Å²) in [4.78, 5) is 29.2. The monoisotopic (exact) mass is 410 g/mol. The number of para-hydroxylation sites is 1. The number of carbonyl (C=O) groups excluding carboxylic acids is 2. The van der Waals surface area contributed by atoms with E-state index in [2.05, 4.69) is 12.0 Å². The van der Waals surface area contributed by atoms with Gasteiger partial charge < -0.3 is 14.5 Å². The highest BCUT2D eigenvalue weighted by Gasteiger charge is 2.34. The minimum atomic E-state index is -0.0236. The lowest BCUT2D eigenvalue weighted by Crippen LogP contribution is -2.49. The van der Waals surface area contributed by atoms with Crippen LogP contribution in [0.2, 0.25) is 0 Å². The minimum absolute atomic E-state index is 0.0236. The molecule has 1 aromatic heterocycles. The van der Waals surface area contributed by atoms with Gasteiger partial charge in [-0.1, -0.05) is 25.5 Å². The average Bonchev–Trinajstić information content (AvgIpc) is 3.11. The summed E-state index contributed by atoms with van der Waals surface area (Å²) in [6.07, 6.45) is 3.59. The number of fused-ring (bicyclic) bond motifs is 3. The smallest absolute Gasteiger partial charge is 0.275 e. The molecule has 0 spiro atoms. The van der Waals surface area contributed by atoms with Crippen LogP contribution in [-0.4, -0.2) is 57.1 Å². The molecular weight excluding hydrogens is 380 g/mol. The number of likely N-dealkylation sites (tertiary alicyclic amines) is 1. The highest BCUT2D eigenvalue weighted by Crippen LogP contribution is 2.38. The first kappa shape index (κ1) is 20.4. The largest absolute Gasteiger partial charge is 0.488 e. The van der Waals surface area contributed by atoms with Gasteiger partial charge in [-0.3, -0.25) is 14.3 Å². The lowest BCUT2D eigenvalue weighted by molar-refractivity contribution is -0.130. The topological polar surface area (TPSA) is 67.7 Å². The molecule has 1 aromatic carbocycles. The van der Waals surface area contributed by atoms with Crippen LogP contribution in [0.4, 0.5) is 0 Å². The normalized spacial score (nSPS) is 15.9. The van der Waals surface area contributed by atoms with Gasteiger partial charge in [-0.05, 0) is 31.4 Å². The molecule has 0 bridgehead atoms. The first-order valence-corrected chi connectivity index (χ1v) is 10.9. The quantitative estimate of drug-likeness (QED) is 0.759. The van der Waals surface area contributed by atoms with Crippen molar-refractivity contribution >= 4 is 11.8 Å². The Morgan fingerprint density at radius 2 is 1.97 bits per heavy atom. The van der Waals surface area contributed by atoms with E-state index in [1.54, 1.807) is 11.6 Å². The van der Waals surface area contributed by atoms with Crippen molar-refractivity contribution in [2.45, 2.75) is 52.2 Å². The number of carbonyl (C=O) groups is 2. The van der Waals surface area contributed by atoms with Crippen molar-refractivity contribution in [3.8, 4) is 17.0 Å². The van der Waals surface area contributed by atoms with E-state index in [9.17, 15) is 9.59 Å². The van der Waals surface area contributed by atoms with Crippen LogP contribution in [0.5, 0.6) is 5.75 Å². The Labute approximate surface area is 177 Å². The molecule has 7 heteroatoms. The van der Waals surface area contributed by atoms with Gasteiger partial charge >= 0.3 is 0 Å². The fourth-order valence-corrected chi connectivity index (χ4v) is 4.56. The second-order valence-corrected chi connectivity index (χ2v) is 8.17. The first-order chi connectivity index (χ1) is 14.5. The predicted octanol–water partition coefficient (Wildman–Crippen LogP) is 3.23. The molecule has 2 amide bonds. The van der Waals surface area contributed by atoms with Crippen LogP contribution in [0.3, 0.4) is 0 Å². The molecule has 0 aliphatic carbocycles. The summed E-state index contributed by atoms with van der Waals surface area (Å²) < 4.78 is 7.74. The first-order valence-electron chi connectivity index (χ1n) is 10.9. The highest BCUT2D eigenvalue weighted by atomic mass is 16.5. The number of unbranched alkanes of at least 4 members (excludes halogenated alkanes) is 1. The molecule has 0 atom stereocenters. The van der Waals surface area contributed by atoms with Crippen molar-refractivity contribution in [2.75, 3.05) is 19.6 Å². The van der Waals surface area contributed by atoms with Gasteiger partial charge in [0.1, 0.15) is 12.4 Å². The van der Waals surface area contributed by atoms with E-state index in [0.29, 0.717) is 31.9 Å². The maximum Gasteiger partial charge on any atom is 0.275 e. The van der Waals surface area contributed by atoms with Crippen molar-refractivity contribution in [1.82, 2.24) is 19.6 Å². The molecule has 30 heavy (non-hydrogen) atoms. The van der Waals surface area contributed by atoms with Crippen molar-refractivity contribution in [3.05, 3.63) is 35.5 Å². The summed E-state index contributed by atoms with van der Waals surface area (Å²) in [5.74, 6) is 0.908. The molecule has 3 heterocycles. The number of ether oxygens (including phenoxy) is 1. The van der Waals surface area contributed by atoms with Gasteiger partial charge in [0.05, 0.1) is 5.69 Å². The third kappa shape index (κ3) is 3.68. The summed E-state index contributed by atoms with van der Waals surface area (Å²) in [5.41, 5.74) is 3.29. The van der Waals surface area contributed by atoms with Gasteiger partial charge in [0.2, 0.25) is 5.91 Å². The summed E-state index contributed by atoms with van der Waals surface area (Å²) in [6.45, 7) is 6.21. The molecule has 2 aliphatic heterocycles. The summed E-state index contributed by atoms with van der Waals surface area (Å²) in [5, 5.41) is 4.64. The Morgan fingerprint density at radius 1 is 1.23 bits per heavy atom. The fourth-order valence-electron chi connectivity index (χ4n) is 4.56. The summed E-state index contributed by atoms with van der Waals surface area (Å²) in [7, 11) is 1.89. The maximum atomic E-state index is 13.7. The van der Waals surface area contributed by atoms with Crippen LogP contribution >= 0.6 is 0 Å². The third-order valence-corrected chi connectivity index (χ3v) is 6.23. The van der Waals surface area contributed by atoms with Crippen LogP contribution < -0.4 is 4.74 Å². The number of benzene rings is 1. The van der Waals surface area contributed by atoms with Gasteiger partial charge in [-0.2, -0.15) is 5.10 Å². The lowest BCUT2D eigenvalue weighted by Gasteiger charge is -2.38. The van der Waals surface area contributed by atoms with E-state index in [4.69, 9.17) is 4.74 Å². The van der Waals surface area contributed by atoms with E-state index in [-0.39, 0.29) is 17.9 Å². The van der Waals surface area contributed by atoms with Crippen molar-refractivity contribution in [1.29, 1.82) is 0 Å². The average molecular weight is 411 g/mol. The molecule has 0 unspecified atom stereocenters. The number of aromatic nitrogens is 2. The molecule has 0 radical (unpaired) electrons. The second kappa shape index (κ2) is 8.50. The highest BCUT2D eigenvalue weighted by molar-refractivity contribution is 5.96. The number of hydrogen-bond acceptors (Lipinski definition) is 4. The van der Waals surface area contributed by atoms with E-state index in [1.165, 1.54) is 0 Å². The van der Waals surface area contributed by atoms with Crippen molar-refractivity contribution in [2.24, 2.45) is 7.05 Å². The van der Waals surface area contributed by atoms with E-state index >= 15 is 0 Å². The van der Waals surface area contributed by atoms with Gasteiger partial charge in [-0.25, -0.2) is 0 Å². The zero-order chi connectivity index (χ0) is 21.3. The van der Waals surface area contributed by atoms with Crippen molar-refractivity contribution < 1.29 is 14.3 Å². The Bertz CT molecular complexity index is 944. The molecule has 0 saturated carbocycles. The number of nitrogens with zero attached hydrogens (tertiary/aromatic N) is 4. The Balaban J connectivity index is 1.63. The summed E-state index contributed by atoms with van der Waals surface area (Å²) >= 11 is 0. The van der Waals surface area contributed by atoms with E-state index in [0.717, 1.165) is 48.3 Å². The van der Waals surface area contributed by atoms with Crippen LogP contribution in [0.15, 0.2) is 24.3 Å². The molecule has 0 N–H and O–H groups in total. The standard InChI is InChI=1S/C23H30N4O3/c1-4-5-12-27(17-10-13-26(14-11-17)16(2)28)23(29)21-19-15-30-20-9-7-6-8-18(20)22(19)25(3)24-21/h6-9,17H,4-5,10-15H2,1-3H3. The Kier molecular flexibility index (Phi) is 5.79. The number of aryl methyl sites for hydroxylation is 1. The minimum Gasteiger partial charge on any atom is -0.488 e. The van der Waals surface area contributed by atoms with Crippen LogP contribution in [0.25, 0.3) is 11.3 Å². The molecular formula is C23H30N4O3. The van der Waals surface area contributed by atoms with Gasteiger partial charge in [0.15, 0.2) is 5.69 Å². The van der Waals surface area contributed by atoms with Gasteiger partial charge in [0.25, 0.3) is 5.91 Å². The predicted molar refractivity (Wildman–Crippen MR) is 114 cm³/mol. The van der Waals surface area contributed by atoms with Gasteiger partial charge in [0, 0.05) is 50.8 Å². The number of rotatable bonds is 5. The molecule has 7 nitrogen and oxygen atoms in total. The molecule has 160 valence electrons. The Morgan fingerprint density at radius 3 is 2.67 bits per heavy atom. The zero-order valence-corrected chi connectivity index (χ0v) is 18.1. The second-order valence-electron chi connectivity index (χ2n) is 8.17. The Hall–Kier alpha value is -2.83. The number of hydrogen-bond donors (Lipinski definition) is 0. The van der Waals surface area contributed by atoms with Crippen LogP contribution in [0, 0.1) is 0 Å². The van der Waals surface area contributed by atoms with Gasteiger partial charge in [-0.15, -0.1) is 0 Å².